The fourth-order valence-corrected chi connectivity index (χ4v) is 5.55. The molecule has 0 saturated carbocycles. The third kappa shape index (κ3) is 6.57. The average molecular weight is 578 g/mol. The highest BCUT2D eigenvalue weighted by atomic mass is 35.5. The van der Waals surface area contributed by atoms with Crippen LogP contribution in [0.2, 0.25) is 15.1 Å². The lowest BCUT2D eigenvalue weighted by Gasteiger charge is -2.16. The molecule has 0 aliphatic carbocycles. The number of thioether (sulfide) groups is 1. The highest BCUT2D eigenvalue weighted by Crippen LogP contribution is 2.39. The summed E-state index contributed by atoms with van der Waals surface area (Å²) >= 11 is 20.0. The summed E-state index contributed by atoms with van der Waals surface area (Å²) in [6.07, 6.45) is 0. The predicted octanol–water partition coefficient (Wildman–Crippen LogP) is 7.84. The van der Waals surface area contributed by atoms with E-state index in [9.17, 15) is 10.1 Å². The monoisotopic (exact) mass is 576 g/mol. The SMILES string of the molecule is Cc1ccc(-n2c(C)nnc2S[C@@H](C[N+](=O)[O-])c2ccc(OCc3ccc(Cl)cc3Cl)c(Cl)c2)cc1C. The summed E-state index contributed by atoms with van der Waals surface area (Å²) in [6, 6.07) is 16.4. The first-order valence-corrected chi connectivity index (χ1v) is 13.3. The van der Waals surface area contributed by atoms with Gasteiger partial charge in [-0.1, -0.05) is 64.8 Å². The number of rotatable bonds is 9. The first-order chi connectivity index (χ1) is 17.6. The zero-order valence-electron chi connectivity index (χ0n) is 20.2. The maximum absolute atomic E-state index is 11.6. The van der Waals surface area contributed by atoms with Gasteiger partial charge in [0, 0.05) is 26.2 Å². The number of benzene rings is 3. The molecule has 0 radical (unpaired) electrons. The quantitative estimate of drug-likeness (QED) is 0.114. The Hall–Kier alpha value is -2.78. The van der Waals surface area contributed by atoms with E-state index in [1.165, 1.54) is 17.3 Å². The minimum Gasteiger partial charge on any atom is -0.487 e. The smallest absolute Gasteiger partial charge is 0.220 e. The standard InChI is InChI=1S/C26H23Cl3N4O3S/c1-15-4-8-21(10-16(15)2)33-17(3)30-31-26(33)37-25(13-32(34)35)18-6-9-24(23(29)11-18)36-14-19-5-7-20(27)12-22(19)28/h4-12,25H,13-14H2,1-3H3/t25-/m0/s1. The fourth-order valence-electron chi connectivity index (χ4n) is 3.68. The van der Waals surface area contributed by atoms with Gasteiger partial charge in [0.1, 0.15) is 23.4 Å². The minimum atomic E-state index is -0.554. The fraction of sp³-hybridized carbons (Fsp3) is 0.231. The van der Waals surface area contributed by atoms with Crippen LogP contribution >= 0.6 is 46.6 Å². The molecule has 0 unspecified atom stereocenters. The molecule has 1 heterocycles. The first kappa shape index (κ1) is 27.3. The normalized spacial score (nSPS) is 11.9. The molecular weight excluding hydrogens is 555 g/mol. The van der Waals surface area contributed by atoms with Gasteiger partial charge in [-0.15, -0.1) is 10.2 Å². The second-order valence-corrected chi connectivity index (χ2v) is 10.9. The number of hydrogen-bond acceptors (Lipinski definition) is 6. The second-order valence-electron chi connectivity index (χ2n) is 8.47. The van der Waals surface area contributed by atoms with Crippen LogP contribution in [0.25, 0.3) is 5.69 Å². The molecular formula is C26H23Cl3N4O3S. The van der Waals surface area contributed by atoms with Crippen LogP contribution in [0.1, 0.15) is 33.3 Å². The van der Waals surface area contributed by atoms with Crippen LogP contribution in [0.15, 0.2) is 59.8 Å². The van der Waals surface area contributed by atoms with Gasteiger partial charge in [0.15, 0.2) is 5.16 Å². The van der Waals surface area contributed by atoms with Crippen LogP contribution in [0.5, 0.6) is 5.75 Å². The van der Waals surface area contributed by atoms with E-state index in [0.717, 1.165) is 16.8 Å². The van der Waals surface area contributed by atoms with Gasteiger partial charge in [0.2, 0.25) is 6.54 Å². The molecule has 1 atom stereocenters. The molecule has 4 aromatic rings. The van der Waals surface area contributed by atoms with Gasteiger partial charge in [-0.3, -0.25) is 14.7 Å². The van der Waals surface area contributed by atoms with Crippen molar-refractivity contribution in [1.82, 2.24) is 14.8 Å². The van der Waals surface area contributed by atoms with Crippen molar-refractivity contribution in [2.45, 2.75) is 37.8 Å². The van der Waals surface area contributed by atoms with Crippen LogP contribution in [0.3, 0.4) is 0 Å². The molecule has 4 rings (SSSR count). The number of hydrogen-bond donors (Lipinski definition) is 0. The van der Waals surface area contributed by atoms with Gasteiger partial charge >= 0.3 is 0 Å². The molecule has 192 valence electrons. The summed E-state index contributed by atoms with van der Waals surface area (Å²) in [7, 11) is 0. The lowest BCUT2D eigenvalue weighted by atomic mass is 10.1. The third-order valence-corrected chi connectivity index (χ3v) is 7.90. The Morgan fingerprint density at radius 2 is 1.76 bits per heavy atom. The van der Waals surface area contributed by atoms with Crippen molar-refractivity contribution in [3.8, 4) is 11.4 Å². The Kier molecular flexibility index (Phi) is 8.64. The molecule has 1 aromatic heterocycles. The zero-order valence-corrected chi connectivity index (χ0v) is 23.3. The van der Waals surface area contributed by atoms with Crippen LogP contribution < -0.4 is 4.74 Å². The van der Waals surface area contributed by atoms with E-state index in [4.69, 9.17) is 39.5 Å². The summed E-state index contributed by atoms with van der Waals surface area (Å²) in [6.45, 7) is 5.81. The molecule has 0 fully saturated rings. The van der Waals surface area contributed by atoms with E-state index in [1.807, 2.05) is 43.5 Å². The summed E-state index contributed by atoms with van der Waals surface area (Å²) < 4.78 is 7.75. The van der Waals surface area contributed by atoms with Crippen molar-refractivity contribution in [3.05, 3.63) is 108 Å². The van der Waals surface area contributed by atoms with E-state index in [0.29, 0.717) is 37.4 Å². The van der Waals surface area contributed by atoms with Gasteiger partial charge < -0.3 is 4.74 Å². The number of ether oxygens (including phenoxy) is 1. The van der Waals surface area contributed by atoms with Gasteiger partial charge in [0.05, 0.1) is 5.02 Å². The number of halogens is 3. The summed E-state index contributed by atoms with van der Waals surface area (Å²) in [5.41, 5.74) is 4.64. The number of nitro groups is 1. The van der Waals surface area contributed by atoms with E-state index in [2.05, 4.69) is 10.2 Å². The van der Waals surface area contributed by atoms with Crippen LogP contribution in [-0.2, 0) is 6.61 Å². The Balaban J connectivity index is 1.58. The Bertz CT molecular complexity index is 1460. The molecule has 37 heavy (non-hydrogen) atoms. The average Bonchev–Trinajstić information content (AvgIpc) is 3.20. The Morgan fingerprint density at radius 1 is 0.973 bits per heavy atom. The number of nitrogens with zero attached hydrogens (tertiary/aromatic N) is 4. The second kappa shape index (κ2) is 11.7. The van der Waals surface area contributed by atoms with Crippen LogP contribution in [0.4, 0.5) is 0 Å². The predicted molar refractivity (Wildman–Crippen MR) is 148 cm³/mol. The van der Waals surface area contributed by atoms with Crippen molar-refractivity contribution in [2.24, 2.45) is 0 Å². The van der Waals surface area contributed by atoms with Crippen molar-refractivity contribution < 1.29 is 9.66 Å². The molecule has 0 spiro atoms. The van der Waals surface area contributed by atoms with Crippen molar-refractivity contribution in [2.75, 3.05) is 6.54 Å². The highest BCUT2D eigenvalue weighted by Gasteiger charge is 2.25. The molecule has 7 nitrogen and oxygen atoms in total. The molecule has 11 heteroatoms. The summed E-state index contributed by atoms with van der Waals surface area (Å²) in [5, 5.41) is 21.5. The van der Waals surface area contributed by atoms with E-state index in [-0.39, 0.29) is 18.1 Å². The minimum absolute atomic E-state index is 0.195. The molecule has 0 N–H and O–H groups in total. The van der Waals surface area contributed by atoms with Crippen LogP contribution in [0, 0.1) is 30.9 Å². The van der Waals surface area contributed by atoms with Crippen LogP contribution in [-0.4, -0.2) is 26.2 Å². The maximum atomic E-state index is 11.6. The van der Waals surface area contributed by atoms with E-state index >= 15 is 0 Å². The topological polar surface area (TPSA) is 83.1 Å². The Labute approximate surface area is 233 Å². The largest absolute Gasteiger partial charge is 0.487 e. The molecule has 0 aliphatic rings. The summed E-state index contributed by atoms with van der Waals surface area (Å²) in [5.74, 6) is 1.13. The van der Waals surface area contributed by atoms with Crippen molar-refractivity contribution >= 4 is 46.6 Å². The number of aromatic nitrogens is 3. The van der Waals surface area contributed by atoms with Gasteiger partial charge in [-0.05, 0) is 73.9 Å². The van der Waals surface area contributed by atoms with Gasteiger partial charge in [-0.2, -0.15) is 0 Å². The highest BCUT2D eigenvalue weighted by molar-refractivity contribution is 7.99. The Morgan fingerprint density at radius 3 is 2.43 bits per heavy atom. The van der Waals surface area contributed by atoms with Gasteiger partial charge in [0.25, 0.3) is 0 Å². The van der Waals surface area contributed by atoms with Crippen molar-refractivity contribution in [1.29, 1.82) is 0 Å². The molecule has 0 bridgehead atoms. The lowest BCUT2D eigenvalue weighted by molar-refractivity contribution is -0.479. The molecule has 0 saturated heterocycles. The van der Waals surface area contributed by atoms with Crippen molar-refractivity contribution in [3.63, 3.8) is 0 Å². The van der Waals surface area contributed by atoms with Gasteiger partial charge in [-0.25, -0.2) is 0 Å². The lowest BCUT2D eigenvalue weighted by Crippen LogP contribution is -2.11. The maximum Gasteiger partial charge on any atom is 0.220 e. The number of aryl methyl sites for hydroxylation is 3. The molecule has 3 aromatic carbocycles. The van der Waals surface area contributed by atoms with E-state index < -0.39 is 5.25 Å². The van der Waals surface area contributed by atoms with E-state index in [1.54, 1.807) is 36.4 Å². The molecule has 0 aliphatic heterocycles. The molecule has 0 amide bonds. The zero-order chi connectivity index (χ0) is 26.7. The third-order valence-electron chi connectivity index (χ3n) is 5.83. The first-order valence-electron chi connectivity index (χ1n) is 11.3. The summed E-state index contributed by atoms with van der Waals surface area (Å²) in [4.78, 5) is 11.2.